The van der Waals surface area contributed by atoms with Crippen molar-refractivity contribution < 1.29 is 23.1 Å². The molecule has 1 saturated heterocycles. The van der Waals surface area contributed by atoms with Gasteiger partial charge >= 0.3 is 12.2 Å². The predicted molar refractivity (Wildman–Crippen MR) is 139 cm³/mol. The highest BCUT2D eigenvalue weighted by molar-refractivity contribution is 5.95. The van der Waals surface area contributed by atoms with E-state index in [1.54, 1.807) is 11.1 Å². The van der Waals surface area contributed by atoms with Crippen LogP contribution in [-0.4, -0.2) is 64.4 Å². The summed E-state index contributed by atoms with van der Waals surface area (Å²) >= 11 is 0. The summed E-state index contributed by atoms with van der Waals surface area (Å²) in [5, 5.41) is 26.3. The largest absolute Gasteiger partial charge is 0.417 e. The number of hydrogen-bond donors (Lipinski definition) is 3. The van der Waals surface area contributed by atoms with Crippen molar-refractivity contribution in [3.8, 4) is 11.4 Å². The number of nitrogens with one attached hydrogen (secondary N) is 2. The number of anilines is 1. The van der Waals surface area contributed by atoms with Crippen molar-refractivity contribution in [3.05, 3.63) is 24.2 Å². The number of fused-ring (bicyclic) bond motifs is 1. The Morgan fingerprint density at radius 3 is 2.64 bits per heavy atom. The van der Waals surface area contributed by atoms with E-state index in [0.29, 0.717) is 35.8 Å². The summed E-state index contributed by atoms with van der Waals surface area (Å²) in [6, 6.07) is 0.767. The van der Waals surface area contributed by atoms with Crippen LogP contribution >= 0.6 is 0 Å². The number of rotatable bonds is 5. The van der Waals surface area contributed by atoms with Crippen molar-refractivity contribution in [3.63, 3.8) is 0 Å². The Morgan fingerprint density at radius 1 is 1.28 bits per heavy atom. The number of halogens is 3. The van der Waals surface area contributed by atoms with Crippen molar-refractivity contribution in [2.45, 2.75) is 95.6 Å². The van der Waals surface area contributed by atoms with Gasteiger partial charge < -0.3 is 15.3 Å². The zero-order chi connectivity index (χ0) is 27.7. The van der Waals surface area contributed by atoms with Crippen LogP contribution in [0.3, 0.4) is 0 Å². The number of likely N-dealkylation sites (tertiary alicyclic amines) is 1. The van der Waals surface area contributed by atoms with Crippen LogP contribution in [0.25, 0.3) is 22.3 Å². The number of alkyl halides is 3. The molecule has 39 heavy (non-hydrogen) atoms. The lowest BCUT2D eigenvalue weighted by Crippen LogP contribution is -2.66. The second-order valence-corrected chi connectivity index (χ2v) is 12.1. The number of hydrogen-bond acceptors (Lipinski definition) is 5. The first-order chi connectivity index (χ1) is 18.4. The van der Waals surface area contributed by atoms with Crippen LogP contribution in [0.4, 0.5) is 23.7 Å². The fourth-order valence-corrected chi connectivity index (χ4v) is 6.44. The molecule has 3 aromatic rings. The molecule has 210 valence electrons. The summed E-state index contributed by atoms with van der Waals surface area (Å²) in [4.78, 5) is 20.0. The third kappa shape index (κ3) is 4.36. The molecule has 6 rings (SSSR count). The normalized spacial score (nSPS) is 24.9. The highest BCUT2D eigenvalue weighted by Crippen LogP contribution is 2.59. The number of H-pyrrole nitrogens is 1. The van der Waals surface area contributed by atoms with E-state index < -0.39 is 42.2 Å². The third-order valence-electron chi connectivity index (χ3n) is 8.77. The molecule has 0 bridgehead atoms. The van der Waals surface area contributed by atoms with Gasteiger partial charge in [0.25, 0.3) is 0 Å². The zero-order valence-corrected chi connectivity index (χ0v) is 22.3. The molecule has 2 aliphatic carbocycles. The number of piperidine rings is 1. The molecule has 3 N–H and O–H groups in total. The van der Waals surface area contributed by atoms with Crippen LogP contribution in [-0.2, 0) is 6.54 Å². The van der Waals surface area contributed by atoms with Gasteiger partial charge in [-0.2, -0.15) is 23.4 Å². The number of aromatic amines is 1. The Hall–Kier alpha value is -3.15. The van der Waals surface area contributed by atoms with E-state index in [2.05, 4.69) is 39.4 Å². The molecule has 1 aliphatic heterocycles. The summed E-state index contributed by atoms with van der Waals surface area (Å²) < 4.78 is 43.8. The lowest BCUT2D eigenvalue weighted by molar-refractivity contribution is -0.285. The van der Waals surface area contributed by atoms with Crippen molar-refractivity contribution in [2.75, 3.05) is 5.32 Å². The SMILES string of the molecule is Cc1nn(CC(C)C)c2cc(-c3[nH]ncc3NC(=O)N3C(C4CCC4)CC(O)(C(F)(F)F)CC34CC4)ncc12. The maximum atomic E-state index is 13.9. The zero-order valence-electron chi connectivity index (χ0n) is 22.3. The smallest absolute Gasteiger partial charge is 0.380 e. The van der Waals surface area contributed by atoms with Crippen LogP contribution in [0, 0.1) is 18.8 Å². The Kier molecular flexibility index (Phi) is 5.98. The molecule has 3 aliphatic rings. The maximum absolute atomic E-state index is 13.9. The number of aromatic nitrogens is 5. The monoisotopic (exact) mass is 545 g/mol. The molecule has 12 heteroatoms. The van der Waals surface area contributed by atoms with Gasteiger partial charge in [-0.3, -0.25) is 14.8 Å². The van der Waals surface area contributed by atoms with Gasteiger partial charge in [-0.25, -0.2) is 4.79 Å². The van der Waals surface area contributed by atoms with Crippen LogP contribution < -0.4 is 5.32 Å². The van der Waals surface area contributed by atoms with E-state index in [0.717, 1.165) is 42.4 Å². The quantitative estimate of drug-likeness (QED) is 0.397. The van der Waals surface area contributed by atoms with Crippen LogP contribution in [0.15, 0.2) is 18.5 Å². The Labute approximate surface area is 224 Å². The average molecular weight is 546 g/mol. The molecule has 9 nitrogen and oxygen atoms in total. The summed E-state index contributed by atoms with van der Waals surface area (Å²) in [5.41, 5.74) is -0.493. The van der Waals surface area contributed by atoms with Crippen molar-refractivity contribution >= 4 is 22.6 Å². The number of carbonyl (C=O) groups is 1. The molecule has 2 atom stereocenters. The van der Waals surface area contributed by atoms with Crippen molar-refractivity contribution in [1.82, 2.24) is 29.9 Å². The molecule has 2 unspecified atom stereocenters. The van der Waals surface area contributed by atoms with Crippen molar-refractivity contribution in [2.24, 2.45) is 11.8 Å². The highest BCUT2D eigenvalue weighted by atomic mass is 19.4. The fraction of sp³-hybridized carbons (Fsp3) is 0.630. The minimum absolute atomic E-state index is 0.0558. The summed E-state index contributed by atoms with van der Waals surface area (Å²) in [6.45, 7) is 6.91. The van der Waals surface area contributed by atoms with Gasteiger partial charge in [0, 0.05) is 42.6 Å². The molecule has 3 aromatic heterocycles. The molecule has 3 fully saturated rings. The van der Waals surface area contributed by atoms with Crippen molar-refractivity contribution in [1.29, 1.82) is 0 Å². The average Bonchev–Trinajstić information content (AvgIpc) is 3.26. The van der Waals surface area contributed by atoms with Gasteiger partial charge in [-0.15, -0.1) is 0 Å². The van der Waals surface area contributed by atoms with E-state index >= 15 is 0 Å². The predicted octanol–water partition coefficient (Wildman–Crippen LogP) is 5.41. The lowest BCUT2D eigenvalue weighted by atomic mass is 9.70. The summed E-state index contributed by atoms with van der Waals surface area (Å²) in [6.07, 6.45) is 0.827. The van der Waals surface area contributed by atoms with E-state index in [9.17, 15) is 23.1 Å². The van der Waals surface area contributed by atoms with E-state index in [1.807, 2.05) is 17.7 Å². The molecule has 4 heterocycles. The number of aryl methyl sites for hydroxylation is 1. The Balaban J connectivity index is 1.30. The van der Waals surface area contributed by atoms with E-state index in [1.165, 1.54) is 6.20 Å². The van der Waals surface area contributed by atoms with Gasteiger partial charge in [0.15, 0.2) is 5.60 Å². The Bertz CT molecular complexity index is 1410. The number of nitrogens with zero attached hydrogens (tertiary/aromatic N) is 5. The number of carbonyl (C=O) groups excluding carboxylic acids is 1. The number of urea groups is 1. The first-order valence-electron chi connectivity index (χ1n) is 13.7. The third-order valence-corrected chi connectivity index (χ3v) is 8.77. The minimum atomic E-state index is -4.74. The topological polar surface area (TPSA) is 112 Å². The second-order valence-electron chi connectivity index (χ2n) is 12.1. The van der Waals surface area contributed by atoms with Crippen LogP contribution in [0.5, 0.6) is 0 Å². The molecule has 0 aromatic carbocycles. The van der Waals surface area contributed by atoms with E-state index in [4.69, 9.17) is 0 Å². The van der Waals surface area contributed by atoms with E-state index in [-0.39, 0.29) is 5.92 Å². The first-order valence-corrected chi connectivity index (χ1v) is 13.7. The summed E-state index contributed by atoms with van der Waals surface area (Å²) in [7, 11) is 0. The number of amides is 2. The second kappa shape index (κ2) is 8.94. The summed E-state index contributed by atoms with van der Waals surface area (Å²) in [5.74, 6) is 0.337. The fourth-order valence-electron chi connectivity index (χ4n) is 6.44. The molecular weight excluding hydrogens is 511 g/mol. The van der Waals surface area contributed by atoms with Gasteiger partial charge in [0.05, 0.1) is 28.8 Å². The molecular formula is C27H34F3N7O2. The number of pyridine rings is 1. The van der Waals surface area contributed by atoms with Gasteiger partial charge in [-0.05, 0) is 50.5 Å². The van der Waals surface area contributed by atoms with Gasteiger partial charge in [0.1, 0.15) is 5.69 Å². The first kappa shape index (κ1) is 26.1. The molecule has 0 radical (unpaired) electrons. The van der Waals surface area contributed by atoms with Crippen LogP contribution in [0.2, 0.25) is 0 Å². The Morgan fingerprint density at radius 2 is 2.03 bits per heavy atom. The lowest BCUT2D eigenvalue weighted by Gasteiger charge is -2.53. The minimum Gasteiger partial charge on any atom is -0.380 e. The van der Waals surface area contributed by atoms with Gasteiger partial charge in [0.2, 0.25) is 0 Å². The molecule has 2 amide bonds. The van der Waals surface area contributed by atoms with Gasteiger partial charge in [-0.1, -0.05) is 20.3 Å². The van der Waals surface area contributed by atoms with Crippen LogP contribution in [0.1, 0.15) is 64.5 Å². The standard InChI is InChI=1S/C27H34F3N7O2/c1-15(2)13-36-21-9-19(31-11-18(21)16(3)35-36)23-20(12-32-34-23)33-24(38)37-22(17-5-4-6-17)10-26(39,27(28,29)30)14-25(37)7-8-25/h9,11-12,15,17,22,39H,4-8,10,13-14H2,1-3H3,(H,32,34)(H,33,38). The maximum Gasteiger partial charge on any atom is 0.417 e. The molecule has 1 spiro atoms. The molecule has 2 saturated carbocycles. The highest BCUT2D eigenvalue weighted by Gasteiger charge is 2.68. The number of aliphatic hydroxyl groups is 1.